The lowest BCUT2D eigenvalue weighted by atomic mass is 10.2. The second-order valence-electron chi connectivity index (χ2n) is 8.60. The predicted octanol–water partition coefficient (Wildman–Crippen LogP) is 4.67. The number of nitrogens with one attached hydrogen (secondary N) is 2. The van der Waals surface area contributed by atoms with Crippen LogP contribution in [0.25, 0.3) is 0 Å². The van der Waals surface area contributed by atoms with Gasteiger partial charge in [-0.3, -0.25) is 0 Å². The molecule has 0 radical (unpaired) electrons. The molecule has 33 heavy (non-hydrogen) atoms. The molecule has 1 amide bonds. The van der Waals surface area contributed by atoms with E-state index in [-0.39, 0.29) is 12.2 Å². The predicted molar refractivity (Wildman–Crippen MR) is 131 cm³/mol. The maximum atomic E-state index is 12.2. The number of hydrogen-bond acceptors (Lipinski definition) is 6. The molecule has 176 valence electrons. The second-order valence-corrected chi connectivity index (χ2v) is 9.00. The SMILES string of the molecule is COC(=O)c1ccccc1NC(=S)Nc1ccc(OC2CCN(C(=O)OC(C)(C)C)C2)cc1. The van der Waals surface area contributed by atoms with Crippen LogP contribution in [-0.2, 0) is 9.47 Å². The van der Waals surface area contributed by atoms with Gasteiger partial charge in [0.15, 0.2) is 5.11 Å². The van der Waals surface area contributed by atoms with Gasteiger partial charge in [-0.05, 0) is 69.4 Å². The number of hydrogen-bond donors (Lipinski definition) is 2. The van der Waals surface area contributed by atoms with Gasteiger partial charge < -0.3 is 29.7 Å². The monoisotopic (exact) mass is 471 g/mol. The van der Waals surface area contributed by atoms with Gasteiger partial charge in [-0.15, -0.1) is 0 Å². The number of carbonyl (C=O) groups excluding carboxylic acids is 2. The zero-order valence-corrected chi connectivity index (χ0v) is 20.0. The third-order valence-electron chi connectivity index (χ3n) is 4.79. The Morgan fingerprint density at radius 2 is 1.76 bits per heavy atom. The maximum Gasteiger partial charge on any atom is 0.410 e. The Labute approximate surface area is 199 Å². The number of likely N-dealkylation sites (tertiary alicyclic amines) is 1. The molecule has 1 unspecified atom stereocenters. The Bertz CT molecular complexity index is 1000. The summed E-state index contributed by atoms with van der Waals surface area (Å²) in [6, 6.07) is 14.3. The average Bonchev–Trinajstić information content (AvgIpc) is 3.22. The molecular formula is C24H29N3O5S. The van der Waals surface area contributed by atoms with Crippen LogP contribution in [0.4, 0.5) is 16.2 Å². The summed E-state index contributed by atoms with van der Waals surface area (Å²) in [6.45, 7) is 6.64. The first kappa shape index (κ1) is 24.3. The molecule has 8 nitrogen and oxygen atoms in total. The van der Waals surface area contributed by atoms with Crippen molar-refractivity contribution in [3.63, 3.8) is 0 Å². The van der Waals surface area contributed by atoms with Crippen LogP contribution in [0.3, 0.4) is 0 Å². The van der Waals surface area contributed by atoms with Gasteiger partial charge in [-0.2, -0.15) is 0 Å². The summed E-state index contributed by atoms with van der Waals surface area (Å²) in [7, 11) is 1.33. The normalized spacial score (nSPS) is 15.5. The van der Waals surface area contributed by atoms with Crippen LogP contribution in [0.5, 0.6) is 5.75 Å². The van der Waals surface area contributed by atoms with E-state index in [0.29, 0.717) is 35.2 Å². The van der Waals surface area contributed by atoms with Crippen LogP contribution >= 0.6 is 12.2 Å². The highest BCUT2D eigenvalue weighted by molar-refractivity contribution is 7.80. The van der Waals surface area contributed by atoms with Crippen LogP contribution in [0.2, 0.25) is 0 Å². The fourth-order valence-electron chi connectivity index (χ4n) is 3.29. The molecule has 1 aliphatic heterocycles. The number of esters is 1. The van der Waals surface area contributed by atoms with E-state index in [4.69, 9.17) is 26.4 Å². The van der Waals surface area contributed by atoms with Crippen LogP contribution in [0.15, 0.2) is 48.5 Å². The number of amides is 1. The number of methoxy groups -OCH3 is 1. The Morgan fingerprint density at radius 1 is 1.06 bits per heavy atom. The summed E-state index contributed by atoms with van der Waals surface area (Å²) in [4.78, 5) is 25.8. The molecule has 9 heteroatoms. The maximum absolute atomic E-state index is 12.2. The van der Waals surface area contributed by atoms with Crippen molar-refractivity contribution in [1.29, 1.82) is 0 Å². The smallest absolute Gasteiger partial charge is 0.410 e. The number of carbonyl (C=O) groups is 2. The summed E-state index contributed by atoms with van der Waals surface area (Å²) >= 11 is 5.37. The Hall–Kier alpha value is -3.33. The summed E-state index contributed by atoms with van der Waals surface area (Å²) in [5.41, 5.74) is 1.19. The largest absolute Gasteiger partial charge is 0.489 e. The fourth-order valence-corrected chi connectivity index (χ4v) is 3.52. The molecule has 2 N–H and O–H groups in total. The van der Waals surface area contributed by atoms with Gasteiger partial charge in [0.2, 0.25) is 0 Å². The lowest BCUT2D eigenvalue weighted by molar-refractivity contribution is 0.0275. The van der Waals surface area contributed by atoms with E-state index in [1.165, 1.54) is 7.11 Å². The summed E-state index contributed by atoms with van der Waals surface area (Å²) < 4.78 is 16.2. The lowest BCUT2D eigenvalue weighted by Gasteiger charge is -2.24. The minimum absolute atomic E-state index is 0.0890. The fraction of sp³-hybridized carbons (Fsp3) is 0.375. The van der Waals surface area contributed by atoms with E-state index in [1.54, 1.807) is 29.2 Å². The molecule has 1 fully saturated rings. The Kier molecular flexibility index (Phi) is 7.75. The standard InChI is InChI=1S/C24H29N3O5S/c1-24(2,3)32-23(29)27-14-13-18(15-27)31-17-11-9-16(10-12-17)25-22(33)26-20-8-6-5-7-19(20)21(28)30-4/h5-12,18H,13-15H2,1-4H3,(H2,25,26,33). The van der Waals surface area contributed by atoms with Crippen LogP contribution in [-0.4, -0.2) is 54.0 Å². The molecule has 2 aromatic rings. The number of benzene rings is 2. The Morgan fingerprint density at radius 3 is 2.42 bits per heavy atom. The second kappa shape index (κ2) is 10.5. The van der Waals surface area contributed by atoms with Crippen molar-refractivity contribution in [3.8, 4) is 5.75 Å². The van der Waals surface area contributed by atoms with Gasteiger partial charge in [0.1, 0.15) is 17.5 Å². The van der Waals surface area contributed by atoms with Gasteiger partial charge in [-0.1, -0.05) is 12.1 Å². The molecule has 0 saturated carbocycles. The van der Waals surface area contributed by atoms with E-state index in [2.05, 4.69) is 10.6 Å². The van der Waals surface area contributed by atoms with E-state index in [1.807, 2.05) is 45.0 Å². The highest BCUT2D eigenvalue weighted by Gasteiger charge is 2.30. The number of para-hydroxylation sites is 1. The van der Waals surface area contributed by atoms with Gasteiger partial charge in [-0.25, -0.2) is 9.59 Å². The molecule has 1 saturated heterocycles. The van der Waals surface area contributed by atoms with Crippen molar-refractivity contribution in [2.45, 2.75) is 38.9 Å². The third-order valence-corrected chi connectivity index (χ3v) is 5.00. The quantitative estimate of drug-likeness (QED) is 0.480. The molecule has 0 aliphatic carbocycles. The minimum atomic E-state index is -0.518. The third kappa shape index (κ3) is 7.08. The van der Waals surface area contributed by atoms with E-state index < -0.39 is 11.6 Å². The molecule has 1 aliphatic rings. The van der Waals surface area contributed by atoms with Crippen molar-refractivity contribution in [3.05, 3.63) is 54.1 Å². The topological polar surface area (TPSA) is 89.1 Å². The number of anilines is 2. The summed E-state index contributed by atoms with van der Waals surface area (Å²) in [6.07, 6.45) is 0.337. The van der Waals surface area contributed by atoms with Gasteiger partial charge >= 0.3 is 12.1 Å². The van der Waals surface area contributed by atoms with Crippen molar-refractivity contribution < 1.29 is 23.8 Å². The van der Waals surface area contributed by atoms with Crippen molar-refractivity contribution >= 4 is 40.8 Å². The molecule has 1 heterocycles. The lowest BCUT2D eigenvalue weighted by Crippen LogP contribution is -2.36. The van der Waals surface area contributed by atoms with E-state index in [9.17, 15) is 9.59 Å². The first-order valence-corrected chi connectivity index (χ1v) is 11.1. The minimum Gasteiger partial charge on any atom is -0.489 e. The highest BCUT2D eigenvalue weighted by Crippen LogP contribution is 2.23. The van der Waals surface area contributed by atoms with Crippen molar-refractivity contribution in [2.75, 3.05) is 30.8 Å². The molecule has 0 bridgehead atoms. The molecule has 1 atom stereocenters. The molecule has 0 spiro atoms. The van der Waals surface area contributed by atoms with E-state index in [0.717, 1.165) is 12.1 Å². The first-order valence-electron chi connectivity index (χ1n) is 10.6. The van der Waals surface area contributed by atoms with Crippen molar-refractivity contribution in [2.24, 2.45) is 0 Å². The average molecular weight is 472 g/mol. The first-order chi connectivity index (χ1) is 15.6. The van der Waals surface area contributed by atoms with Crippen LogP contribution < -0.4 is 15.4 Å². The highest BCUT2D eigenvalue weighted by atomic mass is 32.1. The number of thiocarbonyl (C=S) groups is 1. The summed E-state index contributed by atoms with van der Waals surface area (Å²) in [5.74, 6) is 0.256. The number of rotatable bonds is 5. The molecule has 3 rings (SSSR count). The number of ether oxygens (including phenoxy) is 3. The van der Waals surface area contributed by atoms with E-state index >= 15 is 0 Å². The number of nitrogens with zero attached hydrogens (tertiary/aromatic N) is 1. The zero-order chi connectivity index (χ0) is 24.0. The van der Waals surface area contributed by atoms with Gasteiger partial charge in [0.05, 0.1) is 24.9 Å². The van der Waals surface area contributed by atoms with Crippen LogP contribution in [0.1, 0.15) is 37.6 Å². The molecule has 2 aromatic carbocycles. The zero-order valence-electron chi connectivity index (χ0n) is 19.2. The van der Waals surface area contributed by atoms with Crippen molar-refractivity contribution in [1.82, 2.24) is 4.90 Å². The summed E-state index contributed by atoms with van der Waals surface area (Å²) in [5, 5.41) is 6.44. The van der Waals surface area contributed by atoms with Gasteiger partial charge in [0.25, 0.3) is 0 Å². The molecule has 0 aromatic heterocycles. The van der Waals surface area contributed by atoms with Gasteiger partial charge in [0, 0.05) is 18.7 Å². The van der Waals surface area contributed by atoms with Crippen LogP contribution in [0, 0.1) is 0 Å². The molecular weight excluding hydrogens is 442 g/mol. The Balaban J connectivity index is 1.51.